The normalized spacial score (nSPS) is 14.0. The first-order valence-corrected chi connectivity index (χ1v) is 8.99. The molecule has 0 bridgehead atoms. The van der Waals surface area contributed by atoms with Gasteiger partial charge in [-0.25, -0.2) is 19.3 Å². The molecule has 3 heterocycles. The van der Waals surface area contributed by atoms with Crippen LogP contribution in [0.5, 0.6) is 0 Å². The maximum absolute atomic E-state index is 13.2. The Morgan fingerprint density at radius 2 is 1.68 bits per heavy atom. The van der Waals surface area contributed by atoms with Crippen molar-refractivity contribution in [2.24, 2.45) is 0 Å². The maximum Gasteiger partial charge on any atom is 0.256 e. The number of amides is 1. The van der Waals surface area contributed by atoms with E-state index in [1.807, 2.05) is 6.07 Å². The van der Waals surface area contributed by atoms with Crippen LogP contribution in [-0.4, -0.2) is 47.0 Å². The molecule has 4 rings (SSSR count). The molecule has 0 radical (unpaired) electrons. The third-order valence-corrected chi connectivity index (χ3v) is 4.56. The third-order valence-electron chi connectivity index (χ3n) is 4.56. The van der Waals surface area contributed by atoms with Gasteiger partial charge in [0.1, 0.15) is 11.6 Å². The highest BCUT2D eigenvalue weighted by atomic mass is 19.1. The van der Waals surface area contributed by atoms with Gasteiger partial charge in [-0.2, -0.15) is 0 Å². The van der Waals surface area contributed by atoms with Crippen molar-refractivity contribution in [2.45, 2.75) is 0 Å². The Balaban J connectivity index is 1.35. The van der Waals surface area contributed by atoms with Crippen molar-refractivity contribution >= 4 is 23.4 Å². The van der Waals surface area contributed by atoms with E-state index in [9.17, 15) is 9.18 Å². The van der Waals surface area contributed by atoms with Gasteiger partial charge in [0.2, 0.25) is 5.95 Å². The lowest BCUT2D eigenvalue weighted by atomic mass is 10.2. The lowest BCUT2D eigenvalue weighted by Gasteiger charge is -2.35. The van der Waals surface area contributed by atoms with Crippen molar-refractivity contribution < 1.29 is 9.18 Å². The Labute approximate surface area is 161 Å². The average molecular weight is 378 g/mol. The number of benzene rings is 1. The largest absolute Gasteiger partial charge is 0.367 e. The molecular weight excluding hydrogens is 359 g/mol. The lowest BCUT2D eigenvalue weighted by Crippen LogP contribution is -2.47. The smallest absolute Gasteiger partial charge is 0.256 e. The quantitative estimate of drug-likeness (QED) is 0.752. The Bertz CT molecular complexity index is 942. The summed E-state index contributed by atoms with van der Waals surface area (Å²) in [5.41, 5.74) is 1.24. The fraction of sp³-hybridized carbons (Fsp3) is 0.200. The second kappa shape index (κ2) is 7.99. The minimum Gasteiger partial charge on any atom is -0.367 e. The number of carbonyl (C=O) groups excluding carboxylic acids is 1. The van der Waals surface area contributed by atoms with Gasteiger partial charge in [-0.05, 0) is 36.4 Å². The molecule has 1 amide bonds. The molecule has 1 aromatic carbocycles. The van der Waals surface area contributed by atoms with E-state index in [1.165, 1.54) is 18.2 Å². The Hall–Kier alpha value is -3.55. The van der Waals surface area contributed by atoms with Crippen LogP contribution in [-0.2, 0) is 0 Å². The van der Waals surface area contributed by atoms with Gasteiger partial charge in [0.05, 0.1) is 11.9 Å². The van der Waals surface area contributed by atoms with Gasteiger partial charge in [0, 0.05) is 44.1 Å². The first kappa shape index (κ1) is 17.8. The summed E-state index contributed by atoms with van der Waals surface area (Å²) in [5.74, 6) is 0.331. The number of pyridine rings is 1. The maximum atomic E-state index is 13.2. The van der Waals surface area contributed by atoms with Crippen molar-refractivity contribution in [1.82, 2.24) is 15.0 Å². The second-order valence-electron chi connectivity index (χ2n) is 6.39. The fourth-order valence-corrected chi connectivity index (χ4v) is 3.08. The molecule has 0 aliphatic carbocycles. The topological polar surface area (TPSA) is 74.2 Å². The number of nitrogens with one attached hydrogen (secondary N) is 1. The van der Waals surface area contributed by atoms with Crippen LogP contribution < -0.4 is 15.1 Å². The van der Waals surface area contributed by atoms with Crippen molar-refractivity contribution in [3.05, 3.63) is 72.4 Å². The number of nitrogens with zero attached hydrogens (tertiary/aromatic N) is 5. The summed E-state index contributed by atoms with van der Waals surface area (Å²) in [5, 5.41) is 2.68. The molecule has 7 nitrogen and oxygen atoms in total. The van der Waals surface area contributed by atoms with Gasteiger partial charge in [-0.3, -0.25) is 4.79 Å². The summed E-state index contributed by atoms with van der Waals surface area (Å²) < 4.78 is 13.2. The SMILES string of the molecule is O=C(Nc1ccc(N2CCN(c3ncccn3)CC2)cn1)c1cccc(F)c1. The molecule has 0 saturated carbocycles. The fourth-order valence-electron chi connectivity index (χ4n) is 3.08. The van der Waals surface area contributed by atoms with E-state index in [4.69, 9.17) is 0 Å². The summed E-state index contributed by atoms with van der Waals surface area (Å²) in [6.07, 6.45) is 5.22. The van der Waals surface area contributed by atoms with E-state index in [-0.39, 0.29) is 5.56 Å². The summed E-state index contributed by atoms with van der Waals surface area (Å²) in [7, 11) is 0. The number of rotatable bonds is 4. The van der Waals surface area contributed by atoms with Gasteiger partial charge in [-0.1, -0.05) is 6.07 Å². The van der Waals surface area contributed by atoms with Crippen LogP contribution in [0.1, 0.15) is 10.4 Å². The number of aromatic nitrogens is 3. The van der Waals surface area contributed by atoms with Crippen molar-refractivity contribution in [3.63, 3.8) is 0 Å². The van der Waals surface area contributed by atoms with Crippen LogP contribution in [0.15, 0.2) is 61.1 Å². The number of anilines is 3. The Kier molecular flexibility index (Phi) is 5.09. The van der Waals surface area contributed by atoms with E-state index in [0.717, 1.165) is 37.8 Å². The minimum absolute atomic E-state index is 0.255. The van der Waals surface area contributed by atoms with Crippen LogP contribution in [0.4, 0.5) is 21.8 Å². The van der Waals surface area contributed by atoms with Gasteiger partial charge >= 0.3 is 0 Å². The molecule has 1 aliphatic heterocycles. The Morgan fingerprint density at radius 1 is 0.929 bits per heavy atom. The molecule has 1 fully saturated rings. The van der Waals surface area contributed by atoms with E-state index >= 15 is 0 Å². The Morgan fingerprint density at radius 3 is 2.36 bits per heavy atom. The average Bonchev–Trinajstić information content (AvgIpc) is 2.75. The number of carbonyl (C=O) groups is 1. The van der Waals surface area contributed by atoms with Crippen LogP contribution in [0.3, 0.4) is 0 Å². The first-order chi connectivity index (χ1) is 13.7. The molecule has 8 heteroatoms. The summed E-state index contributed by atoms with van der Waals surface area (Å²) in [4.78, 5) is 29.4. The molecule has 1 saturated heterocycles. The van der Waals surface area contributed by atoms with Crippen LogP contribution in [0.25, 0.3) is 0 Å². The van der Waals surface area contributed by atoms with Crippen LogP contribution >= 0.6 is 0 Å². The van der Waals surface area contributed by atoms with E-state index in [2.05, 4.69) is 30.1 Å². The van der Waals surface area contributed by atoms with Gasteiger partial charge in [0.25, 0.3) is 5.91 Å². The third kappa shape index (κ3) is 4.06. The summed E-state index contributed by atoms with van der Waals surface area (Å²) in [6.45, 7) is 3.30. The zero-order valence-corrected chi connectivity index (χ0v) is 15.1. The molecular formula is C20H19FN6O. The predicted molar refractivity (Wildman–Crippen MR) is 105 cm³/mol. The van der Waals surface area contributed by atoms with Gasteiger partial charge < -0.3 is 15.1 Å². The molecule has 0 unspecified atom stereocenters. The highest BCUT2D eigenvalue weighted by molar-refractivity contribution is 6.03. The van der Waals surface area contributed by atoms with Crippen molar-refractivity contribution in [2.75, 3.05) is 41.3 Å². The molecule has 28 heavy (non-hydrogen) atoms. The molecule has 142 valence electrons. The standard InChI is InChI=1S/C20H19FN6O/c21-16-4-1-3-15(13-16)19(28)25-18-6-5-17(14-24-18)26-9-11-27(12-10-26)20-22-7-2-8-23-20/h1-8,13-14H,9-12H2,(H,24,25,28). The second-order valence-corrected chi connectivity index (χ2v) is 6.39. The summed E-state index contributed by atoms with van der Waals surface area (Å²) in [6, 6.07) is 11.0. The predicted octanol–water partition coefficient (Wildman–Crippen LogP) is 2.59. The minimum atomic E-state index is -0.448. The van der Waals surface area contributed by atoms with Gasteiger partial charge in [-0.15, -0.1) is 0 Å². The zero-order chi connectivity index (χ0) is 19.3. The number of hydrogen-bond acceptors (Lipinski definition) is 6. The van der Waals surface area contributed by atoms with Crippen molar-refractivity contribution in [3.8, 4) is 0 Å². The summed E-state index contributed by atoms with van der Waals surface area (Å²) >= 11 is 0. The van der Waals surface area contributed by atoms with Crippen LogP contribution in [0, 0.1) is 5.82 Å². The molecule has 2 aromatic heterocycles. The number of piperazine rings is 1. The van der Waals surface area contributed by atoms with E-state index in [1.54, 1.807) is 36.8 Å². The first-order valence-electron chi connectivity index (χ1n) is 8.99. The molecule has 0 atom stereocenters. The number of hydrogen-bond donors (Lipinski definition) is 1. The van der Waals surface area contributed by atoms with E-state index < -0.39 is 11.7 Å². The van der Waals surface area contributed by atoms with Crippen LogP contribution in [0.2, 0.25) is 0 Å². The molecule has 1 N–H and O–H groups in total. The van der Waals surface area contributed by atoms with E-state index in [0.29, 0.717) is 5.82 Å². The lowest BCUT2D eigenvalue weighted by molar-refractivity contribution is 0.102. The molecule has 0 spiro atoms. The zero-order valence-electron chi connectivity index (χ0n) is 15.1. The van der Waals surface area contributed by atoms with Crippen molar-refractivity contribution in [1.29, 1.82) is 0 Å². The van der Waals surface area contributed by atoms with Gasteiger partial charge in [0.15, 0.2) is 0 Å². The highest BCUT2D eigenvalue weighted by Gasteiger charge is 2.19. The monoisotopic (exact) mass is 378 g/mol. The molecule has 3 aromatic rings. The number of halogens is 1. The molecule has 1 aliphatic rings. The highest BCUT2D eigenvalue weighted by Crippen LogP contribution is 2.19.